The maximum Gasteiger partial charge on any atom is 0.325 e. The topological polar surface area (TPSA) is 77.9 Å². The number of anilines is 1. The van der Waals surface area contributed by atoms with Gasteiger partial charge in [-0.2, -0.15) is 0 Å². The van der Waals surface area contributed by atoms with Crippen LogP contribution in [-0.4, -0.2) is 46.5 Å². The number of hydrogen-bond acceptors (Lipinski definition) is 5. The van der Waals surface area contributed by atoms with Crippen molar-refractivity contribution < 1.29 is 19.5 Å². The fraction of sp³-hybridized carbons (Fsp3) is 0.286. The number of thioether (sulfide) groups is 1. The van der Waals surface area contributed by atoms with Gasteiger partial charge in [0.15, 0.2) is 0 Å². The van der Waals surface area contributed by atoms with Gasteiger partial charge in [0.25, 0.3) is 0 Å². The monoisotopic (exact) mass is 400 g/mol. The summed E-state index contributed by atoms with van der Waals surface area (Å²) in [7, 11) is 1.65. The molecule has 0 spiro atoms. The molecule has 0 fully saturated rings. The Kier molecular flexibility index (Phi) is 7.63. The standard InChI is InChI=1S/C21H24N2O4S/c1-15-9-11-18(12-10-15)22(3)23(13-19(24)25)20(26)16(2)14-28-21(27)17-7-5-4-6-8-17/h4-12,16H,13-14H2,1-3H3,(H,24,25). The lowest BCUT2D eigenvalue weighted by molar-refractivity contribution is -0.146. The number of benzene rings is 2. The van der Waals surface area contributed by atoms with E-state index < -0.39 is 18.4 Å². The first-order valence-electron chi connectivity index (χ1n) is 8.85. The lowest BCUT2D eigenvalue weighted by atomic mass is 10.2. The van der Waals surface area contributed by atoms with Crippen molar-refractivity contribution in [2.24, 2.45) is 5.92 Å². The van der Waals surface area contributed by atoms with Gasteiger partial charge in [-0.05, 0) is 19.1 Å². The second-order valence-corrected chi connectivity index (χ2v) is 7.51. The molecule has 0 bridgehead atoms. The third-order valence-electron chi connectivity index (χ3n) is 4.20. The summed E-state index contributed by atoms with van der Waals surface area (Å²) in [6, 6.07) is 16.3. The molecule has 1 amide bonds. The van der Waals surface area contributed by atoms with Gasteiger partial charge in [0.2, 0.25) is 11.0 Å². The van der Waals surface area contributed by atoms with Crippen LogP contribution in [-0.2, 0) is 9.59 Å². The highest BCUT2D eigenvalue weighted by atomic mass is 32.2. The Morgan fingerprint density at radius 2 is 1.64 bits per heavy atom. The highest BCUT2D eigenvalue weighted by Gasteiger charge is 2.27. The van der Waals surface area contributed by atoms with Gasteiger partial charge in [-0.15, -0.1) is 0 Å². The molecule has 1 N–H and O–H groups in total. The minimum atomic E-state index is -1.10. The molecule has 7 heteroatoms. The normalized spacial score (nSPS) is 11.5. The Bertz CT molecular complexity index is 824. The number of carboxylic acids is 1. The SMILES string of the molecule is Cc1ccc(N(C)N(CC(=O)O)C(=O)C(C)CSC(=O)c2ccccc2)cc1. The average Bonchev–Trinajstić information content (AvgIpc) is 2.70. The molecular formula is C21H24N2O4S. The average molecular weight is 401 g/mol. The summed E-state index contributed by atoms with van der Waals surface area (Å²) in [5.41, 5.74) is 2.35. The van der Waals surface area contributed by atoms with Gasteiger partial charge in [0.05, 0.1) is 5.69 Å². The van der Waals surface area contributed by atoms with E-state index in [1.165, 1.54) is 10.0 Å². The van der Waals surface area contributed by atoms with E-state index in [0.717, 1.165) is 17.3 Å². The lowest BCUT2D eigenvalue weighted by Gasteiger charge is -2.34. The van der Waals surface area contributed by atoms with Gasteiger partial charge < -0.3 is 5.11 Å². The molecule has 1 unspecified atom stereocenters. The number of rotatable bonds is 8. The number of hydrogen-bond donors (Lipinski definition) is 1. The molecule has 0 aliphatic carbocycles. The Hall–Kier alpha value is -2.80. The van der Waals surface area contributed by atoms with Crippen LogP contribution in [0.5, 0.6) is 0 Å². The number of nitrogens with zero attached hydrogens (tertiary/aromatic N) is 2. The zero-order valence-electron chi connectivity index (χ0n) is 16.2. The minimum absolute atomic E-state index is 0.114. The Labute approximate surface area is 169 Å². The highest BCUT2D eigenvalue weighted by molar-refractivity contribution is 8.14. The zero-order chi connectivity index (χ0) is 20.7. The van der Waals surface area contributed by atoms with Crippen LogP contribution < -0.4 is 5.01 Å². The van der Waals surface area contributed by atoms with Crippen molar-refractivity contribution in [3.8, 4) is 0 Å². The summed E-state index contributed by atoms with van der Waals surface area (Å²) in [5.74, 6) is -1.71. The Morgan fingerprint density at radius 3 is 2.21 bits per heavy atom. The van der Waals surface area contributed by atoms with Crippen molar-refractivity contribution in [3.63, 3.8) is 0 Å². The molecular weight excluding hydrogens is 376 g/mol. The number of carbonyl (C=O) groups is 3. The number of aryl methyl sites for hydroxylation is 1. The summed E-state index contributed by atoms with van der Waals surface area (Å²) in [4.78, 5) is 36.4. The maximum atomic E-state index is 12.9. The van der Waals surface area contributed by atoms with Crippen molar-refractivity contribution in [2.45, 2.75) is 13.8 Å². The van der Waals surface area contributed by atoms with E-state index in [-0.39, 0.29) is 16.8 Å². The van der Waals surface area contributed by atoms with E-state index in [1.54, 1.807) is 38.2 Å². The summed E-state index contributed by atoms with van der Waals surface area (Å²) in [6.07, 6.45) is 0. The molecule has 0 radical (unpaired) electrons. The second kappa shape index (κ2) is 9.94. The van der Waals surface area contributed by atoms with Gasteiger partial charge >= 0.3 is 5.97 Å². The molecule has 1 atom stereocenters. The first-order chi connectivity index (χ1) is 13.3. The molecule has 2 aromatic carbocycles. The maximum absolute atomic E-state index is 12.9. The molecule has 0 saturated heterocycles. The largest absolute Gasteiger partial charge is 0.480 e. The molecule has 0 aromatic heterocycles. The first kappa shape index (κ1) is 21.5. The molecule has 0 aliphatic rings. The van der Waals surface area contributed by atoms with Crippen LogP contribution in [0.1, 0.15) is 22.8 Å². The third kappa shape index (κ3) is 5.85. The number of aliphatic carboxylic acids is 1. The van der Waals surface area contributed by atoms with E-state index in [2.05, 4.69) is 0 Å². The van der Waals surface area contributed by atoms with Crippen LogP contribution in [0.25, 0.3) is 0 Å². The fourth-order valence-electron chi connectivity index (χ4n) is 2.54. The smallest absolute Gasteiger partial charge is 0.325 e. The van der Waals surface area contributed by atoms with Crippen molar-refractivity contribution >= 4 is 34.4 Å². The van der Waals surface area contributed by atoms with Crippen molar-refractivity contribution in [1.29, 1.82) is 0 Å². The number of carbonyl (C=O) groups excluding carboxylic acids is 2. The van der Waals surface area contributed by atoms with E-state index >= 15 is 0 Å². The predicted octanol–water partition coefficient (Wildman–Crippen LogP) is 3.47. The van der Waals surface area contributed by atoms with Gasteiger partial charge in [-0.25, -0.2) is 5.01 Å². The van der Waals surface area contributed by atoms with Crippen molar-refractivity contribution in [3.05, 3.63) is 65.7 Å². The van der Waals surface area contributed by atoms with Gasteiger partial charge in [0, 0.05) is 24.3 Å². The number of carboxylic acid groups (broad SMARTS) is 1. The van der Waals surface area contributed by atoms with Gasteiger partial charge in [-0.1, -0.05) is 66.7 Å². The second-order valence-electron chi connectivity index (χ2n) is 6.51. The summed E-state index contributed by atoms with van der Waals surface area (Å²) in [5, 5.41) is 11.9. The molecule has 0 aliphatic heterocycles. The van der Waals surface area contributed by atoms with E-state index in [0.29, 0.717) is 11.3 Å². The molecule has 28 heavy (non-hydrogen) atoms. The minimum Gasteiger partial charge on any atom is -0.480 e. The van der Waals surface area contributed by atoms with Crippen LogP contribution in [0.4, 0.5) is 5.69 Å². The van der Waals surface area contributed by atoms with Crippen molar-refractivity contribution in [2.75, 3.05) is 24.4 Å². The highest BCUT2D eigenvalue weighted by Crippen LogP contribution is 2.20. The first-order valence-corrected chi connectivity index (χ1v) is 9.83. The summed E-state index contributed by atoms with van der Waals surface area (Å²) in [6.45, 7) is 3.20. The number of hydrazine groups is 1. The van der Waals surface area contributed by atoms with Crippen molar-refractivity contribution in [1.82, 2.24) is 5.01 Å². The zero-order valence-corrected chi connectivity index (χ0v) is 17.0. The quantitative estimate of drug-likeness (QED) is 0.684. The fourth-order valence-corrected chi connectivity index (χ4v) is 3.39. The molecule has 2 rings (SSSR count). The molecule has 0 heterocycles. The third-order valence-corrected chi connectivity index (χ3v) is 5.37. The van der Waals surface area contributed by atoms with Crippen LogP contribution in [0.2, 0.25) is 0 Å². The van der Waals surface area contributed by atoms with E-state index in [1.807, 2.05) is 37.3 Å². The van der Waals surface area contributed by atoms with Crippen LogP contribution >= 0.6 is 11.8 Å². The summed E-state index contributed by atoms with van der Waals surface area (Å²) >= 11 is 1.06. The molecule has 2 aromatic rings. The van der Waals surface area contributed by atoms with Crippen LogP contribution in [0, 0.1) is 12.8 Å². The van der Waals surface area contributed by atoms with Gasteiger partial charge in [0.1, 0.15) is 6.54 Å². The van der Waals surface area contributed by atoms with Crippen LogP contribution in [0.15, 0.2) is 54.6 Å². The lowest BCUT2D eigenvalue weighted by Crippen LogP contribution is -2.49. The predicted molar refractivity (Wildman–Crippen MR) is 111 cm³/mol. The summed E-state index contributed by atoms with van der Waals surface area (Å²) < 4.78 is 0. The van der Waals surface area contributed by atoms with E-state index in [9.17, 15) is 19.5 Å². The molecule has 148 valence electrons. The Balaban J connectivity index is 2.07. The van der Waals surface area contributed by atoms with Crippen LogP contribution in [0.3, 0.4) is 0 Å². The Morgan fingerprint density at radius 1 is 1.04 bits per heavy atom. The molecule has 6 nitrogen and oxygen atoms in total. The van der Waals surface area contributed by atoms with E-state index in [4.69, 9.17) is 0 Å². The van der Waals surface area contributed by atoms with Gasteiger partial charge in [-0.3, -0.25) is 19.4 Å². The number of amides is 1. The molecule has 0 saturated carbocycles.